The molecule has 1 unspecified atom stereocenters. The summed E-state index contributed by atoms with van der Waals surface area (Å²) in [5, 5.41) is 25.1. The quantitative estimate of drug-likeness (QED) is 0.858. The van der Waals surface area contributed by atoms with Gasteiger partial charge in [0.05, 0.1) is 0 Å². The first kappa shape index (κ1) is 11.8. The van der Waals surface area contributed by atoms with E-state index in [1.165, 1.54) is 4.68 Å². The van der Waals surface area contributed by atoms with E-state index in [-0.39, 0.29) is 6.04 Å². The van der Waals surface area contributed by atoms with Gasteiger partial charge in [-0.05, 0) is 42.7 Å². The molecule has 1 aliphatic carbocycles. The van der Waals surface area contributed by atoms with E-state index in [2.05, 4.69) is 20.6 Å². The topological polar surface area (TPSA) is 98.7 Å². The molecule has 0 aromatic carbocycles. The number of aliphatic carboxylic acids is 1. The van der Waals surface area contributed by atoms with Gasteiger partial charge in [-0.15, -0.1) is 5.10 Å². The summed E-state index contributed by atoms with van der Waals surface area (Å²) < 4.78 is 3.15. The molecule has 1 aliphatic rings. The van der Waals surface area contributed by atoms with E-state index in [4.69, 9.17) is 0 Å². The third kappa shape index (κ3) is 1.63. The molecule has 1 fully saturated rings. The second-order valence-electron chi connectivity index (χ2n) is 4.80. The highest BCUT2D eigenvalue weighted by Gasteiger charge is 2.49. The molecule has 2 heterocycles. The minimum absolute atomic E-state index is 0.207. The van der Waals surface area contributed by atoms with Gasteiger partial charge in [-0.2, -0.15) is 5.10 Å². The first-order valence-corrected chi connectivity index (χ1v) is 6.16. The van der Waals surface area contributed by atoms with Crippen molar-refractivity contribution >= 4 is 5.97 Å². The van der Waals surface area contributed by atoms with Crippen LogP contribution >= 0.6 is 0 Å². The molecule has 8 heteroatoms. The highest BCUT2D eigenvalue weighted by atomic mass is 16.4. The Balaban J connectivity index is 2.01. The number of aromatic nitrogens is 6. The van der Waals surface area contributed by atoms with Gasteiger partial charge in [-0.25, -0.2) is 9.48 Å². The van der Waals surface area contributed by atoms with E-state index in [1.54, 1.807) is 23.1 Å². The van der Waals surface area contributed by atoms with Crippen LogP contribution in [0.4, 0.5) is 0 Å². The van der Waals surface area contributed by atoms with E-state index in [9.17, 15) is 9.90 Å². The Bertz CT molecular complexity index is 586. The van der Waals surface area contributed by atoms with Gasteiger partial charge in [0, 0.05) is 12.4 Å². The van der Waals surface area contributed by atoms with Crippen molar-refractivity contribution in [1.29, 1.82) is 0 Å². The van der Waals surface area contributed by atoms with Gasteiger partial charge in [0.1, 0.15) is 6.04 Å². The van der Waals surface area contributed by atoms with Gasteiger partial charge in [-0.3, -0.25) is 4.68 Å². The minimum atomic E-state index is -0.986. The van der Waals surface area contributed by atoms with E-state index in [0.717, 1.165) is 6.42 Å². The largest absolute Gasteiger partial charge is 0.479 e. The third-order valence-electron chi connectivity index (χ3n) is 3.77. The van der Waals surface area contributed by atoms with Crippen LogP contribution in [0, 0.1) is 0 Å². The molecule has 2 aromatic heterocycles. The number of carboxylic acids is 1. The van der Waals surface area contributed by atoms with E-state index < -0.39 is 11.5 Å². The van der Waals surface area contributed by atoms with Crippen molar-refractivity contribution in [1.82, 2.24) is 30.0 Å². The fourth-order valence-electron chi connectivity index (χ4n) is 2.42. The maximum absolute atomic E-state index is 11.5. The molecule has 1 saturated carbocycles. The predicted molar refractivity (Wildman–Crippen MR) is 63.3 cm³/mol. The molecule has 0 aliphatic heterocycles. The zero-order chi connectivity index (χ0) is 13.5. The fourth-order valence-corrected chi connectivity index (χ4v) is 2.42. The summed E-state index contributed by atoms with van der Waals surface area (Å²) >= 11 is 0. The molecule has 1 atom stereocenters. The Kier molecular flexibility index (Phi) is 2.58. The Labute approximate surface area is 109 Å². The lowest BCUT2D eigenvalue weighted by atomic mass is 9.76. The Morgan fingerprint density at radius 1 is 1.53 bits per heavy atom. The lowest BCUT2D eigenvalue weighted by Gasteiger charge is -2.38. The Morgan fingerprint density at radius 3 is 2.84 bits per heavy atom. The van der Waals surface area contributed by atoms with Crippen LogP contribution in [-0.2, 0) is 10.3 Å². The van der Waals surface area contributed by atoms with Gasteiger partial charge in [0.15, 0.2) is 11.4 Å². The zero-order valence-corrected chi connectivity index (χ0v) is 10.5. The van der Waals surface area contributed by atoms with Crippen LogP contribution in [0.3, 0.4) is 0 Å². The van der Waals surface area contributed by atoms with Crippen molar-refractivity contribution in [3.63, 3.8) is 0 Å². The lowest BCUT2D eigenvalue weighted by molar-refractivity contribution is -0.153. The molecule has 2 aromatic rings. The molecule has 0 amide bonds. The molecule has 8 nitrogen and oxygen atoms in total. The normalized spacial score (nSPS) is 18.8. The number of nitrogens with zero attached hydrogens (tertiary/aromatic N) is 6. The van der Waals surface area contributed by atoms with Crippen LogP contribution in [0.5, 0.6) is 0 Å². The number of hydrogen-bond donors (Lipinski definition) is 1. The van der Waals surface area contributed by atoms with Crippen molar-refractivity contribution in [3.8, 4) is 0 Å². The molecule has 0 spiro atoms. The number of rotatable bonds is 4. The average molecular weight is 262 g/mol. The summed E-state index contributed by atoms with van der Waals surface area (Å²) in [6.45, 7) is 1.89. The van der Waals surface area contributed by atoms with E-state index in [1.807, 2.05) is 6.92 Å². The first-order valence-electron chi connectivity index (χ1n) is 6.16. The molecule has 3 rings (SSSR count). The van der Waals surface area contributed by atoms with Crippen LogP contribution in [0.1, 0.15) is 38.1 Å². The molecule has 0 saturated heterocycles. The molecule has 100 valence electrons. The second kappa shape index (κ2) is 4.15. The van der Waals surface area contributed by atoms with Crippen molar-refractivity contribution in [2.24, 2.45) is 0 Å². The maximum Gasteiger partial charge on any atom is 0.331 e. The minimum Gasteiger partial charge on any atom is -0.479 e. The van der Waals surface area contributed by atoms with Gasteiger partial charge >= 0.3 is 5.97 Å². The summed E-state index contributed by atoms with van der Waals surface area (Å²) in [6, 6.07) is 1.60. The monoisotopic (exact) mass is 262 g/mol. The van der Waals surface area contributed by atoms with Crippen LogP contribution < -0.4 is 0 Å². The summed E-state index contributed by atoms with van der Waals surface area (Å²) in [6.07, 6.45) is 5.47. The number of carbonyl (C=O) groups is 1. The Hall–Kier alpha value is -2.25. The van der Waals surface area contributed by atoms with Crippen molar-refractivity contribution in [2.45, 2.75) is 37.8 Å². The number of hydrogen-bond acceptors (Lipinski definition) is 5. The summed E-state index contributed by atoms with van der Waals surface area (Å²) in [7, 11) is 0. The van der Waals surface area contributed by atoms with Gasteiger partial charge < -0.3 is 5.11 Å². The summed E-state index contributed by atoms with van der Waals surface area (Å²) in [5.41, 5.74) is -0.986. The van der Waals surface area contributed by atoms with Crippen molar-refractivity contribution in [2.75, 3.05) is 0 Å². The van der Waals surface area contributed by atoms with Crippen LogP contribution in [0.2, 0.25) is 0 Å². The SMILES string of the molecule is CC(c1nnnn1C1(C(=O)O)CCC1)n1cccn1. The van der Waals surface area contributed by atoms with E-state index in [0.29, 0.717) is 18.7 Å². The molecular formula is C11H14N6O2. The molecule has 0 bridgehead atoms. The molecule has 1 N–H and O–H groups in total. The third-order valence-corrected chi connectivity index (χ3v) is 3.77. The summed E-state index contributed by atoms with van der Waals surface area (Å²) in [5.74, 6) is -0.356. The molecular weight excluding hydrogens is 248 g/mol. The van der Waals surface area contributed by atoms with Crippen LogP contribution in [0.15, 0.2) is 18.5 Å². The van der Waals surface area contributed by atoms with Crippen LogP contribution in [0.25, 0.3) is 0 Å². The lowest BCUT2D eigenvalue weighted by Crippen LogP contribution is -2.49. The zero-order valence-electron chi connectivity index (χ0n) is 10.5. The van der Waals surface area contributed by atoms with Crippen molar-refractivity contribution < 1.29 is 9.90 Å². The van der Waals surface area contributed by atoms with E-state index >= 15 is 0 Å². The smallest absolute Gasteiger partial charge is 0.331 e. The number of tetrazole rings is 1. The predicted octanol–water partition coefficient (Wildman–Crippen LogP) is 0.443. The standard InChI is InChI=1S/C11H14N6O2/c1-8(16-7-3-6-12-16)9-13-14-15-17(9)11(10(18)19)4-2-5-11/h3,6-8H,2,4-5H2,1H3,(H,18,19). The molecule has 0 radical (unpaired) electrons. The summed E-state index contributed by atoms with van der Waals surface area (Å²) in [4.78, 5) is 11.5. The first-order chi connectivity index (χ1) is 9.15. The van der Waals surface area contributed by atoms with Gasteiger partial charge in [-0.1, -0.05) is 0 Å². The highest BCUT2D eigenvalue weighted by molar-refractivity contribution is 5.77. The maximum atomic E-state index is 11.5. The van der Waals surface area contributed by atoms with Crippen molar-refractivity contribution in [3.05, 3.63) is 24.3 Å². The number of carboxylic acid groups (broad SMARTS) is 1. The second-order valence-corrected chi connectivity index (χ2v) is 4.80. The fraction of sp³-hybridized carbons (Fsp3) is 0.545. The van der Waals surface area contributed by atoms with Crippen LogP contribution in [-0.4, -0.2) is 41.1 Å². The average Bonchev–Trinajstić information content (AvgIpc) is 2.97. The highest BCUT2D eigenvalue weighted by Crippen LogP contribution is 2.40. The van der Waals surface area contributed by atoms with Gasteiger partial charge in [0.25, 0.3) is 0 Å². The Morgan fingerprint density at radius 2 is 2.32 bits per heavy atom. The molecule has 19 heavy (non-hydrogen) atoms. The van der Waals surface area contributed by atoms with Gasteiger partial charge in [0.2, 0.25) is 0 Å².